The number of guanidine groups is 1. The minimum Gasteiger partial charge on any atom is -0.359 e. The van der Waals surface area contributed by atoms with Crippen LogP contribution in [-0.2, 0) is 0 Å². The van der Waals surface area contributed by atoms with Gasteiger partial charge in [-0.15, -0.1) is 0 Å². The topological polar surface area (TPSA) is 27.6 Å². The molecule has 1 aliphatic rings. The third-order valence-corrected chi connectivity index (χ3v) is 3.46. The minimum absolute atomic E-state index is 0.352. The highest BCUT2D eigenvalue weighted by Gasteiger charge is 2.28. The lowest BCUT2D eigenvalue weighted by Gasteiger charge is -2.38. The second-order valence-electron chi connectivity index (χ2n) is 3.83. The average Bonchev–Trinajstić information content (AvgIpc) is 2.05. The van der Waals surface area contributed by atoms with Crippen LogP contribution in [0.5, 0.6) is 0 Å². The van der Waals surface area contributed by atoms with E-state index in [9.17, 15) is 0 Å². The van der Waals surface area contributed by atoms with Crippen LogP contribution in [0.1, 0.15) is 13.8 Å². The van der Waals surface area contributed by atoms with Crippen LogP contribution >= 0.6 is 11.8 Å². The second kappa shape index (κ2) is 4.22. The highest BCUT2D eigenvalue weighted by atomic mass is 32.2. The van der Waals surface area contributed by atoms with E-state index < -0.39 is 0 Å². The summed E-state index contributed by atoms with van der Waals surface area (Å²) < 4.78 is 0.352. The maximum atomic E-state index is 4.22. The molecule has 13 heavy (non-hydrogen) atoms. The Bertz CT molecular complexity index is 201. The molecule has 0 aromatic rings. The SMILES string of the molecule is CN=C(NC)N1CCSC(C)(C)C1. The predicted octanol–water partition coefficient (Wildman–Crippen LogP) is 1.02. The van der Waals surface area contributed by atoms with Crippen LogP contribution < -0.4 is 5.32 Å². The van der Waals surface area contributed by atoms with Gasteiger partial charge >= 0.3 is 0 Å². The summed E-state index contributed by atoms with van der Waals surface area (Å²) in [4.78, 5) is 6.53. The fourth-order valence-corrected chi connectivity index (χ4v) is 2.72. The molecule has 1 rings (SSSR count). The van der Waals surface area contributed by atoms with Crippen molar-refractivity contribution in [1.29, 1.82) is 0 Å². The van der Waals surface area contributed by atoms with Gasteiger partial charge in [-0.25, -0.2) is 0 Å². The van der Waals surface area contributed by atoms with Crippen LogP contribution in [0.2, 0.25) is 0 Å². The van der Waals surface area contributed by atoms with Crippen molar-refractivity contribution in [3.8, 4) is 0 Å². The molecule has 0 aromatic heterocycles. The molecule has 1 N–H and O–H groups in total. The third kappa shape index (κ3) is 2.79. The Morgan fingerprint density at radius 3 is 2.69 bits per heavy atom. The van der Waals surface area contributed by atoms with Crippen LogP contribution in [-0.4, -0.2) is 48.5 Å². The Morgan fingerprint density at radius 1 is 1.54 bits per heavy atom. The first-order valence-electron chi connectivity index (χ1n) is 4.62. The summed E-state index contributed by atoms with van der Waals surface area (Å²) >= 11 is 2.04. The van der Waals surface area contributed by atoms with Crippen molar-refractivity contribution in [3.63, 3.8) is 0 Å². The Balaban J connectivity index is 2.61. The van der Waals surface area contributed by atoms with Gasteiger partial charge in [-0.05, 0) is 13.8 Å². The molecule has 0 aliphatic carbocycles. The quantitative estimate of drug-likeness (QED) is 0.468. The van der Waals surface area contributed by atoms with Crippen LogP contribution in [0.3, 0.4) is 0 Å². The minimum atomic E-state index is 0.352. The molecule has 4 heteroatoms. The lowest BCUT2D eigenvalue weighted by Crippen LogP contribution is -2.50. The van der Waals surface area contributed by atoms with E-state index in [1.807, 2.05) is 25.9 Å². The van der Waals surface area contributed by atoms with Crippen LogP contribution in [0, 0.1) is 0 Å². The molecule has 1 fully saturated rings. The summed E-state index contributed by atoms with van der Waals surface area (Å²) in [6.07, 6.45) is 0. The van der Waals surface area contributed by atoms with Crippen LogP contribution in [0.25, 0.3) is 0 Å². The number of aliphatic imine (C=N–C) groups is 1. The molecule has 0 aromatic carbocycles. The van der Waals surface area contributed by atoms with E-state index in [1.165, 1.54) is 5.75 Å². The standard InChI is InChI=1S/C9H19N3S/c1-9(2)7-12(5-6-13-9)8(10-3)11-4/h5-7H2,1-4H3,(H,10,11). The number of nitrogens with zero attached hydrogens (tertiary/aromatic N) is 2. The highest BCUT2D eigenvalue weighted by Crippen LogP contribution is 2.29. The number of hydrogen-bond donors (Lipinski definition) is 1. The summed E-state index contributed by atoms with van der Waals surface area (Å²) in [5.74, 6) is 2.20. The molecular weight excluding hydrogens is 182 g/mol. The van der Waals surface area contributed by atoms with Gasteiger partial charge in [-0.3, -0.25) is 4.99 Å². The molecule has 0 spiro atoms. The molecule has 1 aliphatic heterocycles. The van der Waals surface area contributed by atoms with E-state index >= 15 is 0 Å². The smallest absolute Gasteiger partial charge is 0.193 e. The van der Waals surface area contributed by atoms with Crippen LogP contribution in [0.15, 0.2) is 4.99 Å². The van der Waals surface area contributed by atoms with Gasteiger partial charge in [-0.2, -0.15) is 11.8 Å². The van der Waals surface area contributed by atoms with Crippen molar-refractivity contribution < 1.29 is 0 Å². The Morgan fingerprint density at radius 2 is 2.23 bits per heavy atom. The molecule has 1 saturated heterocycles. The van der Waals surface area contributed by atoms with Gasteiger partial charge in [0.25, 0.3) is 0 Å². The van der Waals surface area contributed by atoms with Gasteiger partial charge in [0.1, 0.15) is 0 Å². The molecule has 76 valence electrons. The predicted molar refractivity (Wildman–Crippen MR) is 60.5 cm³/mol. The number of nitrogens with one attached hydrogen (secondary N) is 1. The zero-order valence-electron chi connectivity index (χ0n) is 8.92. The zero-order chi connectivity index (χ0) is 9.90. The molecule has 0 bridgehead atoms. The van der Waals surface area contributed by atoms with Crippen molar-refractivity contribution in [2.75, 3.05) is 32.9 Å². The molecule has 1 heterocycles. The van der Waals surface area contributed by atoms with Gasteiger partial charge in [-0.1, -0.05) is 0 Å². The van der Waals surface area contributed by atoms with Gasteiger partial charge in [0.15, 0.2) is 5.96 Å². The van der Waals surface area contributed by atoms with Gasteiger partial charge in [0.05, 0.1) is 0 Å². The summed E-state index contributed by atoms with van der Waals surface area (Å²) in [5, 5.41) is 3.13. The lowest BCUT2D eigenvalue weighted by atomic mass is 10.2. The molecule has 0 unspecified atom stereocenters. The first kappa shape index (κ1) is 10.7. The first-order chi connectivity index (χ1) is 6.09. The van der Waals surface area contributed by atoms with Crippen molar-refractivity contribution >= 4 is 17.7 Å². The number of hydrogen-bond acceptors (Lipinski definition) is 2. The summed E-state index contributed by atoms with van der Waals surface area (Å²) in [6, 6.07) is 0. The van der Waals surface area contributed by atoms with E-state index in [0.29, 0.717) is 4.75 Å². The van der Waals surface area contributed by atoms with E-state index in [1.54, 1.807) is 0 Å². The second-order valence-corrected chi connectivity index (χ2v) is 5.63. The van der Waals surface area contributed by atoms with Crippen molar-refractivity contribution in [3.05, 3.63) is 0 Å². The van der Waals surface area contributed by atoms with E-state index in [4.69, 9.17) is 0 Å². The maximum absolute atomic E-state index is 4.22. The molecule has 0 atom stereocenters. The van der Waals surface area contributed by atoms with Gasteiger partial charge in [0.2, 0.25) is 0 Å². The van der Waals surface area contributed by atoms with Crippen molar-refractivity contribution in [2.45, 2.75) is 18.6 Å². The highest BCUT2D eigenvalue weighted by molar-refractivity contribution is 8.00. The number of thioether (sulfide) groups is 1. The lowest BCUT2D eigenvalue weighted by molar-refractivity contribution is 0.379. The van der Waals surface area contributed by atoms with E-state index in [2.05, 4.69) is 29.1 Å². The Labute approximate surface area is 85.0 Å². The van der Waals surface area contributed by atoms with Crippen molar-refractivity contribution in [1.82, 2.24) is 10.2 Å². The Hall–Kier alpha value is -0.380. The fraction of sp³-hybridized carbons (Fsp3) is 0.889. The molecule has 0 saturated carbocycles. The largest absolute Gasteiger partial charge is 0.359 e. The molecule has 0 radical (unpaired) electrons. The molecular formula is C9H19N3S. The molecule has 3 nitrogen and oxygen atoms in total. The first-order valence-corrected chi connectivity index (χ1v) is 5.61. The zero-order valence-corrected chi connectivity index (χ0v) is 9.74. The summed E-state index contributed by atoms with van der Waals surface area (Å²) in [6.45, 7) is 6.74. The maximum Gasteiger partial charge on any atom is 0.193 e. The van der Waals surface area contributed by atoms with E-state index in [-0.39, 0.29) is 0 Å². The monoisotopic (exact) mass is 201 g/mol. The molecule has 0 amide bonds. The average molecular weight is 201 g/mol. The summed E-state index contributed by atoms with van der Waals surface area (Å²) in [7, 11) is 3.76. The normalized spacial score (nSPS) is 23.1. The van der Waals surface area contributed by atoms with Gasteiger partial charge in [0, 0.05) is 37.7 Å². The third-order valence-electron chi connectivity index (χ3n) is 2.16. The van der Waals surface area contributed by atoms with E-state index in [0.717, 1.165) is 19.0 Å². The number of rotatable bonds is 0. The fourth-order valence-electron chi connectivity index (χ4n) is 1.61. The van der Waals surface area contributed by atoms with Crippen LogP contribution in [0.4, 0.5) is 0 Å². The van der Waals surface area contributed by atoms with Gasteiger partial charge < -0.3 is 10.2 Å². The van der Waals surface area contributed by atoms with Crippen molar-refractivity contribution in [2.24, 2.45) is 4.99 Å². The Kier molecular flexibility index (Phi) is 3.47. The summed E-state index contributed by atoms with van der Waals surface area (Å²) in [5.41, 5.74) is 0.